The molecule has 1 aliphatic rings. The van der Waals surface area contributed by atoms with Gasteiger partial charge in [0, 0.05) is 35.6 Å². The molecule has 15 heavy (non-hydrogen) atoms. The van der Waals surface area contributed by atoms with Gasteiger partial charge in [-0.2, -0.15) is 0 Å². The van der Waals surface area contributed by atoms with Gasteiger partial charge in [0.05, 0.1) is 0 Å². The SMILES string of the molecule is CC1CC(=O)CCN1c1ccc(Br)cc1. The highest BCUT2D eigenvalue weighted by atomic mass is 79.9. The van der Waals surface area contributed by atoms with Crippen LogP contribution in [-0.4, -0.2) is 18.4 Å². The van der Waals surface area contributed by atoms with Crippen LogP contribution in [0.3, 0.4) is 0 Å². The van der Waals surface area contributed by atoms with E-state index in [0.29, 0.717) is 24.7 Å². The third-order valence-corrected chi connectivity index (χ3v) is 3.37. The second kappa shape index (κ2) is 4.35. The molecule has 1 saturated heterocycles. The van der Waals surface area contributed by atoms with E-state index >= 15 is 0 Å². The molecule has 0 amide bonds. The highest BCUT2D eigenvalue weighted by Crippen LogP contribution is 2.24. The summed E-state index contributed by atoms with van der Waals surface area (Å²) in [5, 5.41) is 0. The van der Waals surface area contributed by atoms with Crippen LogP contribution in [0, 0.1) is 0 Å². The first-order valence-electron chi connectivity index (χ1n) is 5.21. The van der Waals surface area contributed by atoms with Crippen LogP contribution < -0.4 is 4.90 Å². The Hall–Kier alpha value is -0.830. The van der Waals surface area contributed by atoms with Gasteiger partial charge < -0.3 is 4.90 Å². The molecule has 1 aromatic carbocycles. The molecular formula is C12H14BrNO. The zero-order valence-electron chi connectivity index (χ0n) is 8.74. The Morgan fingerprint density at radius 3 is 2.60 bits per heavy atom. The Labute approximate surface area is 98.4 Å². The molecule has 3 heteroatoms. The van der Waals surface area contributed by atoms with Gasteiger partial charge in [-0.15, -0.1) is 0 Å². The first-order chi connectivity index (χ1) is 7.16. The second-order valence-electron chi connectivity index (χ2n) is 4.01. The summed E-state index contributed by atoms with van der Waals surface area (Å²) in [5.41, 5.74) is 1.21. The molecule has 0 aliphatic carbocycles. The van der Waals surface area contributed by atoms with Crippen molar-refractivity contribution in [2.45, 2.75) is 25.8 Å². The summed E-state index contributed by atoms with van der Waals surface area (Å²) in [7, 11) is 0. The normalized spacial score (nSPS) is 21.9. The maximum atomic E-state index is 11.3. The van der Waals surface area contributed by atoms with E-state index in [0.717, 1.165) is 11.0 Å². The van der Waals surface area contributed by atoms with Crippen LogP contribution in [-0.2, 0) is 4.79 Å². The van der Waals surface area contributed by atoms with Gasteiger partial charge in [0.25, 0.3) is 0 Å². The van der Waals surface area contributed by atoms with Crippen molar-refractivity contribution in [1.82, 2.24) is 0 Å². The summed E-state index contributed by atoms with van der Waals surface area (Å²) in [6, 6.07) is 8.59. The van der Waals surface area contributed by atoms with Crippen LogP contribution in [0.15, 0.2) is 28.7 Å². The van der Waals surface area contributed by atoms with Crippen molar-refractivity contribution in [2.75, 3.05) is 11.4 Å². The Morgan fingerprint density at radius 1 is 1.33 bits per heavy atom. The summed E-state index contributed by atoms with van der Waals surface area (Å²) < 4.78 is 1.09. The molecule has 2 rings (SSSR count). The maximum Gasteiger partial charge on any atom is 0.136 e. The number of carbonyl (C=O) groups excluding carboxylic acids is 1. The largest absolute Gasteiger partial charge is 0.368 e. The van der Waals surface area contributed by atoms with Crippen LogP contribution in [0.1, 0.15) is 19.8 Å². The lowest BCUT2D eigenvalue weighted by Gasteiger charge is -2.34. The van der Waals surface area contributed by atoms with E-state index < -0.39 is 0 Å². The summed E-state index contributed by atoms with van der Waals surface area (Å²) in [6.07, 6.45) is 1.36. The molecule has 2 nitrogen and oxygen atoms in total. The fourth-order valence-electron chi connectivity index (χ4n) is 2.02. The van der Waals surface area contributed by atoms with E-state index in [-0.39, 0.29) is 0 Å². The van der Waals surface area contributed by atoms with Crippen molar-refractivity contribution in [3.8, 4) is 0 Å². The van der Waals surface area contributed by atoms with E-state index in [4.69, 9.17) is 0 Å². The predicted molar refractivity (Wildman–Crippen MR) is 65.2 cm³/mol. The van der Waals surface area contributed by atoms with Gasteiger partial charge in [-0.3, -0.25) is 4.79 Å². The molecule has 0 saturated carbocycles. The van der Waals surface area contributed by atoms with Crippen LogP contribution in [0.2, 0.25) is 0 Å². The smallest absolute Gasteiger partial charge is 0.136 e. The lowest BCUT2D eigenvalue weighted by molar-refractivity contribution is -0.120. The molecule has 0 bridgehead atoms. The van der Waals surface area contributed by atoms with Gasteiger partial charge in [-0.25, -0.2) is 0 Å². The van der Waals surface area contributed by atoms with E-state index in [1.165, 1.54) is 5.69 Å². The van der Waals surface area contributed by atoms with Crippen LogP contribution >= 0.6 is 15.9 Å². The number of hydrogen-bond donors (Lipinski definition) is 0. The Balaban J connectivity index is 2.16. The van der Waals surface area contributed by atoms with E-state index in [2.05, 4.69) is 39.9 Å². The zero-order valence-corrected chi connectivity index (χ0v) is 10.3. The number of piperidine rings is 1. The number of hydrogen-bond acceptors (Lipinski definition) is 2. The highest BCUT2D eigenvalue weighted by molar-refractivity contribution is 9.10. The number of carbonyl (C=O) groups is 1. The first-order valence-corrected chi connectivity index (χ1v) is 6.00. The van der Waals surface area contributed by atoms with Crippen LogP contribution in [0.5, 0.6) is 0 Å². The molecular weight excluding hydrogens is 254 g/mol. The van der Waals surface area contributed by atoms with Gasteiger partial charge in [-0.1, -0.05) is 15.9 Å². The molecule has 1 fully saturated rings. The molecule has 0 radical (unpaired) electrons. The second-order valence-corrected chi connectivity index (χ2v) is 4.93. The van der Waals surface area contributed by atoms with Crippen molar-refractivity contribution in [3.05, 3.63) is 28.7 Å². The van der Waals surface area contributed by atoms with Gasteiger partial charge in [0.1, 0.15) is 5.78 Å². The Bertz CT molecular complexity index is 360. The predicted octanol–water partition coefficient (Wildman–Crippen LogP) is 3.01. The molecule has 1 aliphatic heterocycles. The van der Waals surface area contributed by atoms with Crippen molar-refractivity contribution < 1.29 is 4.79 Å². The van der Waals surface area contributed by atoms with Crippen molar-refractivity contribution >= 4 is 27.4 Å². The number of benzene rings is 1. The van der Waals surface area contributed by atoms with E-state index in [1.54, 1.807) is 0 Å². The van der Waals surface area contributed by atoms with Gasteiger partial charge in [0.2, 0.25) is 0 Å². The van der Waals surface area contributed by atoms with Crippen molar-refractivity contribution in [3.63, 3.8) is 0 Å². The molecule has 80 valence electrons. The molecule has 1 heterocycles. The number of ketones is 1. The van der Waals surface area contributed by atoms with Crippen molar-refractivity contribution in [2.24, 2.45) is 0 Å². The van der Waals surface area contributed by atoms with Gasteiger partial charge in [-0.05, 0) is 31.2 Å². The standard InChI is InChI=1S/C12H14BrNO/c1-9-8-12(15)6-7-14(9)11-4-2-10(13)3-5-11/h2-5,9H,6-8H2,1H3. The fraction of sp³-hybridized carbons (Fsp3) is 0.417. The quantitative estimate of drug-likeness (QED) is 0.780. The number of nitrogens with zero attached hydrogens (tertiary/aromatic N) is 1. The van der Waals surface area contributed by atoms with Crippen molar-refractivity contribution in [1.29, 1.82) is 0 Å². The monoisotopic (exact) mass is 267 g/mol. The minimum absolute atomic E-state index is 0.326. The van der Waals surface area contributed by atoms with E-state index in [9.17, 15) is 4.79 Å². The minimum atomic E-state index is 0.326. The third kappa shape index (κ3) is 2.40. The topological polar surface area (TPSA) is 20.3 Å². The summed E-state index contributed by atoms with van der Waals surface area (Å²) in [5.74, 6) is 0.385. The highest BCUT2D eigenvalue weighted by Gasteiger charge is 2.23. The summed E-state index contributed by atoms with van der Waals surface area (Å²) in [4.78, 5) is 13.6. The summed E-state index contributed by atoms with van der Waals surface area (Å²) in [6.45, 7) is 2.96. The minimum Gasteiger partial charge on any atom is -0.368 e. The first kappa shape index (κ1) is 10.7. The molecule has 1 unspecified atom stereocenters. The Kier molecular flexibility index (Phi) is 3.10. The lowest BCUT2D eigenvalue weighted by Crippen LogP contribution is -2.41. The number of rotatable bonds is 1. The van der Waals surface area contributed by atoms with Gasteiger partial charge >= 0.3 is 0 Å². The molecule has 0 N–H and O–H groups in total. The average Bonchev–Trinajstić information content (AvgIpc) is 2.20. The lowest BCUT2D eigenvalue weighted by atomic mass is 10.0. The Morgan fingerprint density at radius 2 is 2.00 bits per heavy atom. The number of halogens is 1. The number of anilines is 1. The molecule has 0 spiro atoms. The zero-order chi connectivity index (χ0) is 10.8. The van der Waals surface area contributed by atoms with E-state index in [1.807, 2.05) is 12.1 Å². The molecule has 0 aromatic heterocycles. The molecule has 1 atom stereocenters. The third-order valence-electron chi connectivity index (χ3n) is 2.84. The van der Waals surface area contributed by atoms with Crippen LogP contribution in [0.25, 0.3) is 0 Å². The summed E-state index contributed by atoms with van der Waals surface area (Å²) >= 11 is 3.42. The fourth-order valence-corrected chi connectivity index (χ4v) is 2.29. The number of Topliss-reactive ketones (excluding diaryl/α,β-unsaturated/α-hetero) is 1. The average molecular weight is 268 g/mol. The maximum absolute atomic E-state index is 11.3. The van der Waals surface area contributed by atoms with Crippen LogP contribution in [0.4, 0.5) is 5.69 Å². The molecule has 1 aromatic rings. The van der Waals surface area contributed by atoms with Gasteiger partial charge in [0.15, 0.2) is 0 Å².